The number of amides is 1. The first-order valence-electron chi connectivity index (χ1n) is 15.5. The molecule has 5 rings (SSSR count). The second kappa shape index (κ2) is 14.4. The maximum atomic E-state index is 14.5. The van der Waals surface area contributed by atoms with E-state index in [1.54, 1.807) is 6.07 Å². The number of ether oxygens (including phenoxy) is 1. The van der Waals surface area contributed by atoms with Gasteiger partial charge in [0.05, 0.1) is 12.6 Å². The maximum Gasteiger partial charge on any atom is 0.239 e. The Bertz CT molecular complexity index is 1200. The fourth-order valence-electron chi connectivity index (χ4n) is 6.63. The van der Waals surface area contributed by atoms with E-state index < -0.39 is 6.04 Å². The van der Waals surface area contributed by atoms with Crippen molar-refractivity contribution in [1.82, 2.24) is 14.7 Å². The van der Waals surface area contributed by atoms with E-state index in [0.29, 0.717) is 50.6 Å². The molecule has 230 valence electrons. The highest BCUT2D eigenvalue weighted by atomic mass is 35.5. The predicted octanol–water partition coefficient (Wildman–Crippen LogP) is 3.34. The number of anilines is 1. The average molecular weight is 601 g/mol. The lowest BCUT2D eigenvalue weighted by Crippen LogP contribution is -2.55. The summed E-state index contributed by atoms with van der Waals surface area (Å²) in [4.78, 5) is 22.3. The molecular formula is C32H46ClFN6O2. The Morgan fingerprint density at radius 3 is 2.50 bits per heavy atom. The fourth-order valence-corrected chi connectivity index (χ4v) is 6.82. The SMILES string of the molecule is CCOc1cccc(F)c1CN1CCN(C(=O)[C@H](N)C2CCN(CCc3cc(Cl)ccc3N3CC[C@H](N)C3)CC2)CC1. The molecule has 3 saturated heterocycles. The molecule has 4 N–H and O–H groups in total. The van der Waals surface area contributed by atoms with E-state index in [1.165, 1.54) is 17.3 Å². The molecule has 0 spiro atoms. The van der Waals surface area contributed by atoms with Crippen LogP contribution < -0.4 is 21.1 Å². The predicted molar refractivity (Wildman–Crippen MR) is 167 cm³/mol. The number of hydrogen-bond acceptors (Lipinski definition) is 7. The number of piperazine rings is 1. The molecule has 8 nitrogen and oxygen atoms in total. The summed E-state index contributed by atoms with van der Waals surface area (Å²) in [6.07, 6.45) is 3.79. The van der Waals surface area contributed by atoms with Crippen molar-refractivity contribution in [1.29, 1.82) is 0 Å². The quantitative estimate of drug-likeness (QED) is 0.432. The highest BCUT2D eigenvalue weighted by Crippen LogP contribution is 2.29. The molecule has 2 atom stereocenters. The Hall–Kier alpha value is -2.43. The van der Waals surface area contributed by atoms with Gasteiger partial charge in [-0.15, -0.1) is 0 Å². The third-order valence-corrected chi connectivity index (χ3v) is 9.41. The van der Waals surface area contributed by atoms with Gasteiger partial charge in [-0.1, -0.05) is 17.7 Å². The van der Waals surface area contributed by atoms with E-state index >= 15 is 0 Å². The Kier molecular flexibility index (Phi) is 10.6. The zero-order chi connectivity index (χ0) is 29.6. The minimum atomic E-state index is -0.478. The molecule has 1 amide bonds. The van der Waals surface area contributed by atoms with Crippen LogP contribution in [0.1, 0.15) is 37.3 Å². The van der Waals surface area contributed by atoms with Crippen LogP contribution in [0.15, 0.2) is 36.4 Å². The molecule has 0 aromatic heterocycles. The summed E-state index contributed by atoms with van der Waals surface area (Å²) in [5.74, 6) is 0.569. The van der Waals surface area contributed by atoms with E-state index in [0.717, 1.165) is 63.4 Å². The van der Waals surface area contributed by atoms with Crippen LogP contribution in [-0.4, -0.2) is 98.2 Å². The van der Waals surface area contributed by atoms with E-state index in [9.17, 15) is 9.18 Å². The van der Waals surface area contributed by atoms with Crippen LogP contribution in [0, 0.1) is 11.7 Å². The number of carbonyl (C=O) groups excluding carboxylic acids is 1. The Labute approximate surface area is 254 Å². The summed E-state index contributed by atoms with van der Waals surface area (Å²) < 4.78 is 20.1. The van der Waals surface area contributed by atoms with Crippen molar-refractivity contribution >= 4 is 23.2 Å². The highest BCUT2D eigenvalue weighted by Gasteiger charge is 2.33. The van der Waals surface area contributed by atoms with Crippen LogP contribution in [0.5, 0.6) is 5.75 Å². The Morgan fingerprint density at radius 2 is 1.81 bits per heavy atom. The smallest absolute Gasteiger partial charge is 0.239 e. The van der Waals surface area contributed by atoms with Crippen LogP contribution in [-0.2, 0) is 17.8 Å². The monoisotopic (exact) mass is 600 g/mol. The number of likely N-dealkylation sites (tertiary alicyclic amines) is 1. The van der Waals surface area contributed by atoms with Gasteiger partial charge in [-0.2, -0.15) is 0 Å². The lowest BCUT2D eigenvalue weighted by Gasteiger charge is -2.39. The standard InChI is InChI=1S/C32H46ClFN6O2/c1-2-42-30-5-3-4-28(34)27(30)22-38-16-18-39(19-17-38)32(41)31(36)23-8-12-37(13-9-23)14-10-24-20-25(33)6-7-29(24)40-15-11-26(35)21-40/h3-7,20,23,26,31H,2,8-19,21-22,35-36H2,1H3/t26-,31+/m0/s1. The van der Waals surface area contributed by atoms with E-state index in [4.69, 9.17) is 27.8 Å². The zero-order valence-corrected chi connectivity index (χ0v) is 25.6. The van der Waals surface area contributed by atoms with Crippen molar-refractivity contribution in [3.8, 4) is 5.75 Å². The van der Waals surface area contributed by atoms with Gasteiger partial charge in [-0.25, -0.2) is 4.39 Å². The number of halogens is 2. The summed E-state index contributed by atoms with van der Waals surface area (Å²) in [7, 11) is 0. The van der Waals surface area contributed by atoms with Gasteiger partial charge in [0.25, 0.3) is 0 Å². The molecule has 10 heteroatoms. The molecule has 2 aromatic carbocycles. The lowest BCUT2D eigenvalue weighted by molar-refractivity contribution is -0.136. The largest absolute Gasteiger partial charge is 0.493 e. The third-order valence-electron chi connectivity index (χ3n) is 9.17. The van der Waals surface area contributed by atoms with Crippen LogP contribution in [0.4, 0.5) is 10.1 Å². The number of rotatable bonds is 10. The van der Waals surface area contributed by atoms with E-state index in [2.05, 4.69) is 26.8 Å². The van der Waals surface area contributed by atoms with Crippen molar-refractivity contribution < 1.29 is 13.9 Å². The summed E-state index contributed by atoms with van der Waals surface area (Å²) >= 11 is 6.36. The summed E-state index contributed by atoms with van der Waals surface area (Å²) in [5.41, 5.74) is 15.8. The van der Waals surface area contributed by atoms with Gasteiger partial charge in [-0.3, -0.25) is 9.69 Å². The molecular weight excluding hydrogens is 555 g/mol. The Morgan fingerprint density at radius 1 is 1.05 bits per heavy atom. The minimum Gasteiger partial charge on any atom is -0.493 e. The minimum absolute atomic E-state index is 0.0430. The van der Waals surface area contributed by atoms with Crippen LogP contribution in [0.2, 0.25) is 5.02 Å². The first-order chi connectivity index (χ1) is 20.3. The van der Waals surface area contributed by atoms with Crippen molar-refractivity contribution in [2.24, 2.45) is 17.4 Å². The molecule has 0 unspecified atom stereocenters. The highest BCUT2D eigenvalue weighted by molar-refractivity contribution is 6.30. The number of piperidine rings is 1. The van der Waals surface area contributed by atoms with Crippen molar-refractivity contribution in [3.05, 3.63) is 58.4 Å². The average Bonchev–Trinajstić information content (AvgIpc) is 3.43. The summed E-state index contributed by atoms with van der Waals surface area (Å²) in [6.45, 7) is 10.2. The fraction of sp³-hybridized carbons (Fsp3) is 0.594. The van der Waals surface area contributed by atoms with Gasteiger partial charge in [0, 0.05) is 74.7 Å². The molecule has 0 radical (unpaired) electrons. The second-order valence-electron chi connectivity index (χ2n) is 12.0. The molecule has 3 fully saturated rings. The first kappa shape index (κ1) is 31.0. The van der Waals surface area contributed by atoms with Crippen LogP contribution in [0.25, 0.3) is 0 Å². The maximum absolute atomic E-state index is 14.5. The zero-order valence-electron chi connectivity index (χ0n) is 24.8. The van der Waals surface area contributed by atoms with E-state index in [-0.39, 0.29) is 23.7 Å². The van der Waals surface area contributed by atoms with E-state index in [1.807, 2.05) is 24.0 Å². The van der Waals surface area contributed by atoms with Crippen LogP contribution >= 0.6 is 11.6 Å². The van der Waals surface area contributed by atoms with Gasteiger partial charge < -0.3 is 30.9 Å². The topological polar surface area (TPSA) is 91.3 Å². The van der Waals surface area contributed by atoms with Gasteiger partial charge in [-0.05, 0) is 87.5 Å². The Balaban J connectivity index is 1.07. The number of nitrogens with zero attached hydrogens (tertiary/aromatic N) is 4. The molecule has 0 saturated carbocycles. The molecule has 2 aromatic rings. The van der Waals surface area contributed by atoms with Crippen LogP contribution in [0.3, 0.4) is 0 Å². The molecule has 42 heavy (non-hydrogen) atoms. The van der Waals surface area contributed by atoms with Crippen molar-refractivity contribution in [3.63, 3.8) is 0 Å². The van der Waals surface area contributed by atoms with Crippen molar-refractivity contribution in [2.45, 2.75) is 51.2 Å². The number of hydrogen-bond donors (Lipinski definition) is 2. The summed E-state index contributed by atoms with van der Waals surface area (Å²) in [5, 5.41) is 0.767. The third kappa shape index (κ3) is 7.55. The van der Waals surface area contributed by atoms with Gasteiger partial charge in [0.15, 0.2) is 0 Å². The number of nitrogens with two attached hydrogens (primary N) is 2. The molecule has 0 bridgehead atoms. The molecule has 3 aliphatic rings. The molecule has 0 aliphatic carbocycles. The number of benzene rings is 2. The van der Waals surface area contributed by atoms with Gasteiger partial charge in [0.2, 0.25) is 5.91 Å². The number of carbonyl (C=O) groups is 1. The van der Waals surface area contributed by atoms with Crippen molar-refractivity contribution in [2.75, 3.05) is 70.4 Å². The molecule has 3 heterocycles. The summed E-state index contributed by atoms with van der Waals surface area (Å²) in [6, 6.07) is 10.9. The normalized spacial score (nSPS) is 21.6. The second-order valence-corrected chi connectivity index (χ2v) is 12.4. The van der Waals surface area contributed by atoms with Gasteiger partial charge in [0.1, 0.15) is 11.6 Å². The van der Waals surface area contributed by atoms with Gasteiger partial charge >= 0.3 is 0 Å². The lowest BCUT2D eigenvalue weighted by atomic mass is 9.88. The first-order valence-corrected chi connectivity index (χ1v) is 15.9. The molecule has 3 aliphatic heterocycles.